The molecule has 96 valence electrons. The zero-order valence-corrected chi connectivity index (χ0v) is 10.8. The Labute approximate surface area is 108 Å². The summed E-state index contributed by atoms with van der Waals surface area (Å²) in [5, 5.41) is 2.46. The quantitative estimate of drug-likeness (QED) is 0.538. The number of nitrogens with one attached hydrogen (secondary N) is 2. The smallest absolute Gasteiger partial charge is 0.244 e. The van der Waals surface area contributed by atoms with Gasteiger partial charge in [0.1, 0.15) is 9.90 Å². The van der Waals surface area contributed by atoms with Crippen LogP contribution in [-0.4, -0.2) is 18.4 Å². The van der Waals surface area contributed by atoms with Gasteiger partial charge in [-0.25, -0.2) is 18.1 Å². The van der Waals surface area contributed by atoms with Crippen molar-refractivity contribution < 1.29 is 8.42 Å². The maximum absolute atomic E-state index is 12.0. The highest BCUT2D eigenvalue weighted by Gasteiger charge is 2.18. The van der Waals surface area contributed by atoms with Gasteiger partial charge in [-0.2, -0.15) is 0 Å². The van der Waals surface area contributed by atoms with Crippen LogP contribution in [0.5, 0.6) is 0 Å². The normalized spacial score (nSPS) is 11.4. The molecule has 2 rings (SSSR count). The first-order valence-corrected chi connectivity index (χ1v) is 7.28. The lowest BCUT2D eigenvalue weighted by Crippen LogP contribution is -2.25. The second-order valence-electron chi connectivity index (χ2n) is 3.27. The second-order valence-corrected chi connectivity index (χ2v) is 5.98. The van der Waals surface area contributed by atoms with E-state index in [-0.39, 0.29) is 17.1 Å². The average molecular weight is 285 g/mol. The highest BCUT2D eigenvalue weighted by atomic mass is 32.2. The van der Waals surface area contributed by atoms with Crippen molar-refractivity contribution in [2.24, 2.45) is 5.84 Å². The van der Waals surface area contributed by atoms with E-state index in [0.29, 0.717) is 5.01 Å². The Morgan fingerprint density at radius 1 is 1.39 bits per heavy atom. The summed E-state index contributed by atoms with van der Waals surface area (Å²) in [5.41, 5.74) is 2.61. The van der Waals surface area contributed by atoms with Crippen molar-refractivity contribution in [3.05, 3.63) is 35.0 Å². The van der Waals surface area contributed by atoms with Crippen LogP contribution < -0.4 is 16.0 Å². The summed E-state index contributed by atoms with van der Waals surface area (Å²) < 4.78 is 26.5. The first-order chi connectivity index (χ1) is 8.63. The molecule has 2 heterocycles. The van der Waals surface area contributed by atoms with Crippen molar-refractivity contribution in [1.29, 1.82) is 0 Å². The zero-order chi connectivity index (χ0) is 13.0. The average Bonchev–Trinajstić information content (AvgIpc) is 2.89. The first kappa shape index (κ1) is 12.9. The molecule has 0 aliphatic rings. The summed E-state index contributed by atoms with van der Waals surface area (Å²) in [6.45, 7) is 0.138. The summed E-state index contributed by atoms with van der Waals surface area (Å²) in [6, 6.07) is 1.48. The fourth-order valence-electron chi connectivity index (χ4n) is 1.29. The van der Waals surface area contributed by atoms with Crippen LogP contribution in [0.2, 0.25) is 0 Å². The predicted molar refractivity (Wildman–Crippen MR) is 68.2 cm³/mol. The third kappa shape index (κ3) is 2.82. The minimum atomic E-state index is -3.67. The van der Waals surface area contributed by atoms with Gasteiger partial charge >= 0.3 is 0 Å². The zero-order valence-electron chi connectivity index (χ0n) is 9.20. The van der Waals surface area contributed by atoms with Crippen LogP contribution in [-0.2, 0) is 16.6 Å². The number of hydrogen-bond donors (Lipinski definition) is 3. The van der Waals surface area contributed by atoms with E-state index in [2.05, 4.69) is 20.1 Å². The Balaban J connectivity index is 2.20. The lowest BCUT2D eigenvalue weighted by Gasteiger charge is -2.09. The molecule has 0 aliphatic carbocycles. The Bertz CT molecular complexity index is 612. The number of thiazole rings is 1. The molecule has 4 N–H and O–H groups in total. The fourth-order valence-corrected chi connectivity index (χ4v) is 3.03. The maximum atomic E-state index is 12.0. The van der Waals surface area contributed by atoms with Crippen LogP contribution in [0.25, 0.3) is 0 Å². The van der Waals surface area contributed by atoms with Crippen LogP contribution in [0, 0.1) is 0 Å². The maximum Gasteiger partial charge on any atom is 0.244 e. The van der Waals surface area contributed by atoms with E-state index in [4.69, 9.17) is 5.84 Å². The number of anilines is 1. The third-order valence-electron chi connectivity index (χ3n) is 2.13. The molecule has 0 bridgehead atoms. The molecule has 0 aliphatic heterocycles. The monoisotopic (exact) mass is 285 g/mol. The molecule has 0 fully saturated rings. The van der Waals surface area contributed by atoms with Crippen molar-refractivity contribution in [3.63, 3.8) is 0 Å². The van der Waals surface area contributed by atoms with Crippen molar-refractivity contribution in [2.45, 2.75) is 11.4 Å². The summed E-state index contributed by atoms with van der Waals surface area (Å²) in [4.78, 5) is 7.77. The molecule has 0 spiro atoms. The topological polar surface area (TPSA) is 110 Å². The molecule has 0 radical (unpaired) electrons. The first-order valence-electron chi connectivity index (χ1n) is 4.92. The number of rotatable bonds is 5. The minimum absolute atomic E-state index is 0.00376. The van der Waals surface area contributed by atoms with Crippen LogP contribution in [0.1, 0.15) is 5.01 Å². The number of hydrazine groups is 1. The molecule has 2 aromatic rings. The van der Waals surface area contributed by atoms with Crippen molar-refractivity contribution >= 4 is 27.0 Å². The van der Waals surface area contributed by atoms with Gasteiger partial charge < -0.3 is 5.43 Å². The lowest BCUT2D eigenvalue weighted by atomic mass is 10.4. The highest BCUT2D eigenvalue weighted by Crippen LogP contribution is 2.18. The SMILES string of the molecule is NNc1ccncc1S(=O)(=O)NCc1nccs1. The van der Waals surface area contributed by atoms with Gasteiger partial charge in [-0.05, 0) is 6.07 Å². The van der Waals surface area contributed by atoms with Crippen LogP contribution in [0.4, 0.5) is 5.69 Å². The molecule has 0 saturated heterocycles. The number of aromatic nitrogens is 2. The summed E-state index contributed by atoms with van der Waals surface area (Å²) in [7, 11) is -3.67. The van der Waals surface area contributed by atoms with Crippen molar-refractivity contribution in [2.75, 3.05) is 5.43 Å². The number of hydrogen-bond acceptors (Lipinski definition) is 7. The molecule has 9 heteroatoms. The summed E-state index contributed by atoms with van der Waals surface area (Å²) in [5.74, 6) is 5.26. The molecular weight excluding hydrogens is 274 g/mol. The van der Waals surface area contributed by atoms with Crippen molar-refractivity contribution in [1.82, 2.24) is 14.7 Å². The number of nitrogen functional groups attached to an aromatic ring is 1. The van der Waals surface area contributed by atoms with E-state index in [1.54, 1.807) is 11.6 Å². The van der Waals surface area contributed by atoms with E-state index in [0.717, 1.165) is 0 Å². The van der Waals surface area contributed by atoms with Gasteiger partial charge in [0, 0.05) is 24.0 Å². The molecule has 0 amide bonds. The summed E-state index contributed by atoms with van der Waals surface area (Å²) >= 11 is 1.37. The van der Waals surface area contributed by atoms with Crippen LogP contribution in [0.15, 0.2) is 34.9 Å². The minimum Gasteiger partial charge on any atom is -0.323 e. The van der Waals surface area contributed by atoms with Gasteiger partial charge in [0.25, 0.3) is 0 Å². The Kier molecular flexibility index (Phi) is 3.87. The van der Waals surface area contributed by atoms with Gasteiger partial charge in [-0.1, -0.05) is 0 Å². The second kappa shape index (κ2) is 5.40. The third-order valence-corrected chi connectivity index (χ3v) is 4.33. The lowest BCUT2D eigenvalue weighted by molar-refractivity contribution is 0.581. The van der Waals surface area contributed by atoms with E-state index < -0.39 is 10.0 Å². The number of sulfonamides is 1. The Hall–Kier alpha value is -1.55. The molecule has 0 saturated carbocycles. The Morgan fingerprint density at radius 3 is 2.89 bits per heavy atom. The molecule has 18 heavy (non-hydrogen) atoms. The van der Waals surface area contributed by atoms with Gasteiger partial charge in [0.2, 0.25) is 10.0 Å². The molecule has 0 atom stereocenters. The standard InChI is InChI=1S/C9H11N5O2S2/c10-14-7-1-2-11-5-8(7)18(15,16)13-6-9-12-3-4-17-9/h1-5,13H,6,10H2,(H,11,14). The van der Waals surface area contributed by atoms with Crippen molar-refractivity contribution in [3.8, 4) is 0 Å². The number of pyridine rings is 1. The molecule has 7 nitrogen and oxygen atoms in total. The number of nitrogens with two attached hydrogens (primary N) is 1. The van der Waals surface area contributed by atoms with Gasteiger partial charge in [-0.3, -0.25) is 10.8 Å². The van der Waals surface area contributed by atoms with Gasteiger partial charge in [-0.15, -0.1) is 11.3 Å². The Morgan fingerprint density at radius 2 is 2.22 bits per heavy atom. The van der Waals surface area contributed by atoms with Gasteiger partial charge in [0.15, 0.2) is 0 Å². The highest BCUT2D eigenvalue weighted by molar-refractivity contribution is 7.89. The van der Waals surface area contributed by atoms with Gasteiger partial charge in [0.05, 0.1) is 12.2 Å². The predicted octanol–water partition coefficient (Wildman–Crippen LogP) is 0.302. The van der Waals surface area contributed by atoms with E-state index in [1.807, 2.05) is 0 Å². The van der Waals surface area contributed by atoms with E-state index in [1.165, 1.54) is 29.8 Å². The molecular formula is C9H11N5O2S2. The summed E-state index contributed by atoms with van der Waals surface area (Å²) in [6.07, 6.45) is 4.31. The number of nitrogens with zero attached hydrogens (tertiary/aromatic N) is 2. The molecule has 2 aromatic heterocycles. The molecule has 0 aromatic carbocycles. The van der Waals surface area contributed by atoms with E-state index >= 15 is 0 Å². The van der Waals surface area contributed by atoms with Crippen LogP contribution >= 0.6 is 11.3 Å². The molecule has 0 unspecified atom stereocenters. The largest absolute Gasteiger partial charge is 0.323 e. The van der Waals surface area contributed by atoms with Crippen LogP contribution in [0.3, 0.4) is 0 Å². The van der Waals surface area contributed by atoms with E-state index in [9.17, 15) is 8.42 Å². The fraction of sp³-hybridized carbons (Fsp3) is 0.111.